The molecular formula is C28H30F4N2O3. The fourth-order valence-corrected chi connectivity index (χ4v) is 4.99. The minimum absolute atomic E-state index is 0.00481. The van der Waals surface area contributed by atoms with Gasteiger partial charge in [-0.25, -0.2) is 17.6 Å². The van der Waals surface area contributed by atoms with Gasteiger partial charge in [-0.1, -0.05) is 36.4 Å². The molecule has 1 fully saturated rings. The second-order valence-electron chi connectivity index (χ2n) is 9.27. The van der Waals surface area contributed by atoms with Gasteiger partial charge in [-0.15, -0.1) is 0 Å². The molecule has 3 aromatic rings. The van der Waals surface area contributed by atoms with E-state index in [9.17, 15) is 27.8 Å². The van der Waals surface area contributed by atoms with E-state index in [1.807, 2.05) is 35.2 Å². The van der Waals surface area contributed by atoms with E-state index in [4.69, 9.17) is 4.74 Å². The second-order valence-corrected chi connectivity index (χ2v) is 9.27. The largest absolute Gasteiger partial charge is 0.494 e. The number of hydrogen-bond donors (Lipinski definition) is 3. The molecular weight excluding hydrogens is 488 g/mol. The van der Waals surface area contributed by atoms with Crippen LogP contribution in [0.5, 0.6) is 5.75 Å². The van der Waals surface area contributed by atoms with E-state index in [-0.39, 0.29) is 17.9 Å². The van der Waals surface area contributed by atoms with Gasteiger partial charge >= 0.3 is 0 Å². The smallest absolute Gasteiger partial charge is 0.265 e. The van der Waals surface area contributed by atoms with E-state index in [0.29, 0.717) is 42.7 Å². The number of halogens is 4. The number of anilines is 1. The summed E-state index contributed by atoms with van der Waals surface area (Å²) in [7, 11) is 1.24. The average molecular weight is 519 g/mol. The molecule has 1 heterocycles. The topological polar surface area (TPSA) is 65.0 Å². The van der Waals surface area contributed by atoms with E-state index >= 15 is 0 Å². The SMILES string of the molecule is COc1cc(F)c(-c2ccc(N3CCCC(NCc4ccccc4)(C(O)C(F)F)C3)c(CO)c2)cc1F. The van der Waals surface area contributed by atoms with Crippen molar-refractivity contribution >= 4 is 5.69 Å². The Labute approximate surface area is 213 Å². The molecule has 1 saturated heterocycles. The Balaban J connectivity index is 1.64. The summed E-state index contributed by atoms with van der Waals surface area (Å²) in [5.74, 6) is -1.62. The minimum Gasteiger partial charge on any atom is -0.494 e. The summed E-state index contributed by atoms with van der Waals surface area (Å²) >= 11 is 0. The average Bonchev–Trinajstić information content (AvgIpc) is 2.92. The number of alkyl halides is 2. The fraction of sp³-hybridized carbons (Fsp3) is 0.357. The summed E-state index contributed by atoms with van der Waals surface area (Å²) in [6.45, 7) is 0.486. The molecule has 0 aliphatic carbocycles. The van der Waals surface area contributed by atoms with Crippen LogP contribution in [0.3, 0.4) is 0 Å². The molecule has 0 saturated carbocycles. The van der Waals surface area contributed by atoms with Gasteiger partial charge < -0.3 is 25.2 Å². The first-order valence-corrected chi connectivity index (χ1v) is 12.1. The van der Waals surface area contributed by atoms with Crippen molar-refractivity contribution in [3.05, 3.63) is 83.4 Å². The molecule has 0 bridgehead atoms. The molecule has 0 spiro atoms. The predicted molar refractivity (Wildman–Crippen MR) is 134 cm³/mol. The van der Waals surface area contributed by atoms with Gasteiger partial charge in [0.15, 0.2) is 11.6 Å². The predicted octanol–water partition coefficient (Wildman–Crippen LogP) is 4.89. The molecule has 5 nitrogen and oxygen atoms in total. The summed E-state index contributed by atoms with van der Waals surface area (Å²) in [6.07, 6.45) is -4.00. The maximum absolute atomic E-state index is 14.7. The van der Waals surface area contributed by atoms with Crippen LogP contribution < -0.4 is 15.0 Å². The molecule has 0 amide bonds. The van der Waals surface area contributed by atoms with Crippen molar-refractivity contribution in [2.24, 2.45) is 0 Å². The van der Waals surface area contributed by atoms with Crippen molar-refractivity contribution in [2.75, 3.05) is 25.1 Å². The maximum atomic E-state index is 14.7. The monoisotopic (exact) mass is 518 g/mol. The number of nitrogens with one attached hydrogen (secondary N) is 1. The molecule has 3 aromatic carbocycles. The number of hydrogen-bond acceptors (Lipinski definition) is 5. The van der Waals surface area contributed by atoms with Gasteiger partial charge in [-0.05, 0) is 42.2 Å². The van der Waals surface area contributed by atoms with Crippen LogP contribution in [0.25, 0.3) is 11.1 Å². The van der Waals surface area contributed by atoms with Crippen LogP contribution in [0.15, 0.2) is 60.7 Å². The highest BCUT2D eigenvalue weighted by Gasteiger charge is 2.45. The van der Waals surface area contributed by atoms with Crippen LogP contribution in [-0.2, 0) is 13.2 Å². The molecule has 0 aromatic heterocycles. The molecule has 3 N–H and O–H groups in total. The number of methoxy groups -OCH3 is 1. The van der Waals surface area contributed by atoms with Crippen molar-refractivity contribution in [3.8, 4) is 16.9 Å². The number of nitrogens with zero attached hydrogens (tertiary/aromatic N) is 1. The van der Waals surface area contributed by atoms with Crippen LogP contribution in [-0.4, -0.2) is 48.5 Å². The third kappa shape index (κ3) is 5.74. The summed E-state index contributed by atoms with van der Waals surface area (Å²) in [6, 6.07) is 16.1. The molecule has 2 unspecified atom stereocenters. The van der Waals surface area contributed by atoms with Gasteiger partial charge in [0, 0.05) is 42.5 Å². The van der Waals surface area contributed by atoms with Crippen molar-refractivity contribution in [1.82, 2.24) is 5.32 Å². The molecule has 2 atom stereocenters. The van der Waals surface area contributed by atoms with Crippen LogP contribution in [0, 0.1) is 11.6 Å². The lowest BCUT2D eigenvalue weighted by Gasteiger charge is -2.47. The van der Waals surface area contributed by atoms with Crippen molar-refractivity contribution in [1.29, 1.82) is 0 Å². The van der Waals surface area contributed by atoms with E-state index in [2.05, 4.69) is 5.32 Å². The van der Waals surface area contributed by atoms with Gasteiger partial charge in [-0.2, -0.15) is 0 Å². The number of ether oxygens (including phenoxy) is 1. The lowest BCUT2D eigenvalue weighted by Crippen LogP contribution is -2.65. The van der Waals surface area contributed by atoms with E-state index in [0.717, 1.165) is 17.7 Å². The second kappa shape index (κ2) is 11.5. The zero-order valence-corrected chi connectivity index (χ0v) is 20.4. The van der Waals surface area contributed by atoms with Crippen molar-refractivity contribution in [2.45, 2.75) is 44.1 Å². The highest BCUT2D eigenvalue weighted by Crippen LogP contribution is 2.36. The Kier molecular flexibility index (Phi) is 8.36. The first-order valence-electron chi connectivity index (χ1n) is 12.1. The molecule has 4 rings (SSSR count). The quantitative estimate of drug-likeness (QED) is 0.352. The fourth-order valence-electron chi connectivity index (χ4n) is 4.99. The summed E-state index contributed by atoms with van der Waals surface area (Å²) in [4.78, 5) is 1.84. The van der Waals surface area contributed by atoms with Gasteiger partial charge in [-0.3, -0.25) is 0 Å². The van der Waals surface area contributed by atoms with Crippen LogP contribution in [0.4, 0.5) is 23.2 Å². The van der Waals surface area contributed by atoms with Crippen molar-refractivity contribution < 1.29 is 32.5 Å². The lowest BCUT2D eigenvalue weighted by molar-refractivity contribution is -0.0658. The number of aliphatic hydroxyl groups excluding tert-OH is 2. The standard InChI is InChI=1S/C28H30F4N2O3/c1-37-25-14-22(29)21(13-23(25)30)19-8-9-24(20(12-19)16-35)34-11-5-10-28(17-34,26(36)27(31)32)33-15-18-6-3-2-4-7-18/h2-4,6-9,12-14,26-27,33,35-36H,5,10-11,15-17H2,1H3. The van der Waals surface area contributed by atoms with Gasteiger partial charge in [0.05, 0.1) is 19.3 Å². The van der Waals surface area contributed by atoms with Crippen LogP contribution in [0.2, 0.25) is 0 Å². The lowest BCUT2D eigenvalue weighted by atomic mass is 9.82. The molecule has 37 heavy (non-hydrogen) atoms. The molecule has 0 radical (unpaired) electrons. The van der Waals surface area contributed by atoms with Crippen molar-refractivity contribution in [3.63, 3.8) is 0 Å². The van der Waals surface area contributed by atoms with E-state index in [1.54, 1.807) is 18.2 Å². The van der Waals surface area contributed by atoms with Crippen LogP contribution >= 0.6 is 0 Å². The zero-order valence-electron chi connectivity index (χ0n) is 20.4. The van der Waals surface area contributed by atoms with Gasteiger partial charge in [0.1, 0.15) is 11.9 Å². The van der Waals surface area contributed by atoms with E-state index in [1.165, 1.54) is 7.11 Å². The van der Waals surface area contributed by atoms with Gasteiger partial charge in [0.2, 0.25) is 0 Å². The molecule has 1 aliphatic heterocycles. The Morgan fingerprint density at radius 3 is 2.49 bits per heavy atom. The highest BCUT2D eigenvalue weighted by molar-refractivity contribution is 5.70. The zero-order chi connectivity index (χ0) is 26.6. The minimum atomic E-state index is -2.95. The van der Waals surface area contributed by atoms with Gasteiger partial charge in [0.25, 0.3) is 6.43 Å². The third-order valence-corrected chi connectivity index (χ3v) is 6.96. The maximum Gasteiger partial charge on any atom is 0.265 e. The molecule has 198 valence electrons. The summed E-state index contributed by atoms with van der Waals surface area (Å²) in [5, 5.41) is 23.9. The number of aliphatic hydroxyl groups is 2. The highest BCUT2D eigenvalue weighted by atomic mass is 19.3. The Bertz CT molecular complexity index is 1210. The Morgan fingerprint density at radius 2 is 1.81 bits per heavy atom. The first-order chi connectivity index (χ1) is 17.8. The van der Waals surface area contributed by atoms with Crippen LogP contribution in [0.1, 0.15) is 24.0 Å². The molecule has 1 aliphatic rings. The Morgan fingerprint density at radius 1 is 1.05 bits per heavy atom. The number of benzene rings is 3. The third-order valence-electron chi connectivity index (χ3n) is 6.96. The van der Waals surface area contributed by atoms with E-state index < -0.39 is 36.3 Å². The number of piperidine rings is 1. The summed E-state index contributed by atoms with van der Waals surface area (Å²) in [5.41, 5.74) is 0.967. The number of rotatable bonds is 9. The molecule has 9 heteroatoms. The summed E-state index contributed by atoms with van der Waals surface area (Å²) < 4.78 is 61.3. The normalized spacial score (nSPS) is 18.8. The Hall–Kier alpha value is -3.14. The first kappa shape index (κ1) is 26.9.